The third-order valence-electron chi connectivity index (χ3n) is 5.07. The molecule has 3 rings (SSSR count). The minimum absolute atomic E-state index is 0. The zero-order chi connectivity index (χ0) is 19.7. The van der Waals surface area contributed by atoms with E-state index in [1.807, 2.05) is 12.1 Å². The van der Waals surface area contributed by atoms with E-state index in [0.29, 0.717) is 18.1 Å². The van der Waals surface area contributed by atoms with Crippen LogP contribution in [-0.2, 0) is 27.4 Å². The fourth-order valence-corrected chi connectivity index (χ4v) is 4.33. The van der Waals surface area contributed by atoms with E-state index in [2.05, 4.69) is 35.6 Å². The molecule has 1 aliphatic rings. The molecular formula is C19H29ClN4O3S. The number of nitrogens with one attached hydrogen (secondary N) is 1. The number of halogens is 1. The number of nitrogens with zero attached hydrogens (tertiary/aromatic N) is 2. The lowest BCUT2D eigenvalue weighted by Crippen LogP contribution is -2.34. The fraction of sp³-hybridized carbons (Fsp3) is 0.579. The first-order valence-electron chi connectivity index (χ1n) is 9.32. The second-order valence-corrected chi connectivity index (χ2v) is 10.1. The third kappa shape index (κ3) is 5.11. The first kappa shape index (κ1) is 22.8. The molecule has 1 heterocycles. The Morgan fingerprint density at radius 3 is 2.36 bits per heavy atom. The molecule has 0 spiro atoms. The summed E-state index contributed by atoms with van der Waals surface area (Å²) in [7, 11) is -3.58. The van der Waals surface area contributed by atoms with Gasteiger partial charge in [-0.1, -0.05) is 50.9 Å². The summed E-state index contributed by atoms with van der Waals surface area (Å²) in [4.78, 5) is 4.60. The Kier molecular flexibility index (Phi) is 6.91. The van der Waals surface area contributed by atoms with E-state index in [9.17, 15) is 8.42 Å². The van der Waals surface area contributed by atoms with Crippen LogP contribution in [0.2, 0.25) is 0 Å². The molecule has 0 saturated heterocycles. The molecule has 0 amide bonds. The summed E-state index contributed by atoms with van der Waals surface area (Å²) < 4.78 is 32.7. The van der Waals surface area contributed by atoms with Gasteiger partial charge in [0.2, 0.25) is 15.9 Å². The zero-order valence-electron chi connectivity index (χ0n) is 16.6. The van der Waals surface area contributed by atoms with Crippen LogP contribution in [0.3, 0.4) is 0 Å². The van der Waals surface area contributed by atoms with Crippen molar-refractivity contribution >= 4 is 22.4 Å². The standard InChI is InChI=1S/C19H28N4O3S.ClH/c1-18(2,3)14-6-8-15(9-7-14)27(24,25)21-13-10-16-22-17(23-26-16)19(20)11-4-5-12-19;/h6-9,21H,4-5,10-13,20H2,1-3H3;1H. The van der Waals surface area contributed by atoms with E-state index in [0.717, 1.165) is 31.2 Å². The van der Waals surface area contributed by atoms with Crippen molar-refractivity contribution in [1.82, 2.24) is 14.9 Å². The van der Waals surface area contributed by atoms with Crippen molar-refractivity contribution in [2.24, 2.45) is 5.73 Å². The quantitative estimate of drug-likeness (QED) is 0.731. The summed E-state index contributed by atoms with van der Waals surface area (Å²) in [5.74, 6) is 0.920. The highest BCUT2D eigenvalue weighted by Gasteiger charge is 2.35. The third-order valence-corrected chi connectivity index (χ3v) is 6.55. The average molecular weight is 429 g/mol. The van der Waals surface area contributed by atoms with E-state index in [1.165, 1.54) is 0 Å². The van der Waals surface area contributed by atoms with Crippen LogP contribution in [0.1, 0.15) is 63.7 Å². The maximum Gasteiger partial charge on any atom is 0.240 e. The monoisotopic (exact) mass is 428 g/mol. The van der Waals surface area contributed by atoms with Gasteiger partial charge in [-0.3, -0.25) is 0 Å². The molecule has 1 saturated carbocycles. The van der Waals surface area contributed by atoms with Crippen LogP contribution in [0.5, 0.6) is 0 Å². The molecule has 0 radical (unpaired) electrons. The topological polar surface area (TPSA) is 111 Å². The molecule has 0 unspecified atom stereocenters. The van der Waals surface area contributed by atoms with Gasteiger partial charge in [-0.2, -0.15) is 4.98 Å². The van der Waals surface area contributed by atoms with Crippen molar-refractivity contribution in [1.29, 1.82) is 0 Å². The van der Waals surface area contributed by atoms with Crippen LogP contribution in [0.25, 0.3) is 0 Å². The van der Waals surface area contributed by atoms with E-state index < -0.39 is 15.6 Å². The van der Waals surface area contributed by atoms with Crippen LogP contribution < -0.4 is 10.5 Å². The summed E-state index contributed by atoms with van der Waals surface area (Å²) in [6.45, 7) is 6.45. The van der Waals surface area contributed by atoms with Crippen LogP contribution in [0, 0.1) is 0 Å². The Balaban J connectivity index is 0.00000280. The molecule has 156 valence electrons. The number of sulfonamides is 1. The molecule has 0 atom stereocenters. The highest BCUT2D eigenvalue weighted by atomic mass is 35.5. The molecular weight excluding hydrogens is 400 g/mol. The van der Waals surface area contributed by atoms with E-state index in [1.54, 1.807) is 12.1 Å². The summed E-state index contributed by atoms with van der Waals surface area (Å²) >= 11 is 0. The number of nitrogens with two attached hydrogens (primary N) is 1. The second-order valence-electron chi connectivity index (χ2n) is 8.30. The SMILES string of the molecule is CC(C)(C)c1ccc(S(=O)(=O)NCCc2nc(C3(N)CCCC3)no2)cc1.Cl. The minimum Gasteiger partial charge on any atom is -0.339 e. The lowest BCUT2D eigenvalue weighted by Gasteiger charge is -2.19. The molecule has 1 aliphatic carbocycles. The van der Waals surface area contributed by atoms with Gasteiger partial charge in [0.05, 0.1) is 10.4 Å². The highest BCUT2D eigenvalue weighted by Crippen LogP contribution is 2.34. The van der Waals surface area contributed by atoms with Crippen molar-refractivity contribution < 1.29 is 12.9 Å². The van der Waals surface area contributed by atoms with Crippen molar-refractivity contribution in [2.45, 2.75) is 68.7 Å². The molecule has 9 heteroatoms. The Morgan fingerprint density at radius 2 is 1.79 bits per heavy atom. The normalized spacial score (nSPS) is 16.7. The summed E-state index contributed by atoms with van der Waals surface area (Å²) in [6, 6.07) is 6.96. The van der Waals surface area contributed by atoms with Gasteiger partial charge in [0.25, 0.3) is 0 Å². The van der Waals surface area contributed by atoms with Crippen molar-refractivity contribution in [3.8, 4) is 0 Å². The van der Waals surface area contributed by atoms with Gasteiger partial charge >= 0.3 is 0 Å². The Labute approximate surface area is 172 Å². The highest BCUT2D eigenvalue weighted by molar-refractivity contribution is 7.89. The van der Waals surface area contributed by atoms with Crippen molar-refractivity contribution in [2.75, 3.05) is 6.54 Å². The number of hydrogen-bond acceptors (Lipinski definition) is 6. The Bertz CT molecular complexity index is 883. The average Bonchev–Trinajstić information content (AvgIpc) is 3.24. The van der Waals surface area contributed by atoms with Crippen LogP contribution in [0.4, 0.5) is 0 Å². The number of benzene rings is 1. The molecule has 1 aromatic carbocycles. The molecule has 7 nitrogen and oxygen atoms in total. The number of hydrogen-bond donors (Lipinski definition) is 2. The molecule has 0 bridgehead atoms. The van der Waals surface area contributed by atoms with Crippen LogP contribution in [-0.4, -0.2) is 25.1 Å². The molecule has 0 aliphatic heterocycles. The van der Waals surface area contributed by atoms with Crippen molar-refractivity contribution in [3.63, 3.8) is 0 Å². The minimum atomic E-state index is -3.58. The lowest BCUT2D eigenvalue weighted by atomic mass is 9.87. The predicted octanol–water partition coefficient (Wildman–Crippen LogP) is 3.04. The first-order valence-corrected chi connectivity index (χ1v) is 10.8. The Hall–Kier alpha value is -1.48. The molecule has 1 aromatic heterocycles. The van der Waals surface area contributed by atoms with Gasteiger partial charge in [0.1, 0.15) is 0 Å². The van der Waals surface area contributed by atoms with Gasteiger partial charge < -0.3 is 10.3 Å². The number of aromatic nitrogens is 2. The van der Waals surface area contributed by atoms with Gasteiger partial charge in [0, 0.05) is 13.0 Å². The lowest BCUT2D eigenvalue weighted by molar-refractivity contribution is 0.348. The largest absolute Gasteiger partial charge is 0.339 e. The van der Waals surface area contributed by atoms with E-state index in [-0.39, 0.29) is 29.3 Å². The van der Waals surface area contributed by atoms with Gasteiger partial charge in [-0.05, 0) is 36.0 Å². The van der Waals surface area contributed by atoms with Gasteiger partial charge in [-0.25, -0.2) is 13.1 Å². The number of rotatable bonds is 6. The maximum absolute atomic E-state index is 12.5. The van der Waals surface area contributed by atoms with E-state index >= 15 is 0 Å². The summed E-state index contributed by atoms with van der Waals surface area (Å²) in [5.41, 5.74) is 6.87. The first-order chi connectivity index (χ1) is 12.6. The molecule has 2 aromatic rings. The van der Waals surface area contributed by atoms with Crippen LogP contribution >= 0.6 is 12.4 Å². The zero-order valence-corrected chi connectivity index (χ0v) is 18.2. The molecule has 3 N–H and O–H groups in total. The van der Waals surface area contributed by atoms with Crippen LogP contribution in [0.15, 0.2) is 33.7 Å². The molecule has 28 heavy (non-hydrogen) atoms. The predicted molar refractivity (Wildman–Crippen MR) is 110 cm³/mol. The van der Waals surface area contributed by atoms with E-state index in [4.69, 9.17) is 10.3 Å². The summed E-state index contributed by atoms with van der Waals surface area (Å²) in [6.07, 6.45) is 4.15. The second kappa shape index (κ2) is 8.49. The smallest absolute Gasteiger partial charge is 0.240 e. The fourth-order valence-electron chi connectivity index (χ4n) is 3.30. The maximum atomic E-state index is 12.5. The Morgan fingerprint density at radius 1 is 1.18 bits per heavy atom. The molecule has 1 fully saturated rings. The summed E-state index contributed by atoms with van der Waals surface area (Å²) in [5, 5.41) is 3.99. The van der Waals surface area contributed by atoms with Crippen molar-refractivity contribution in [3.05, 3.63) is 41.5 Å². The van der Waals surface area contributed by atoms with Gasteiger partial charge in [-0.15, -0.1) is 12.4 Å². The van der Waals surface area contributed by atoms with Gasteiger partial charge in [0.15, 0.2) is 5.82 Å².